The second kappa shape index (κ2) is 12.4. The van der Waals surface area contributed by atoms with Gasteiger partial charge in [0.05, 0.1) is 30.6 Å². The normalized spacial score (nSPS) is 11.3. The summed E-state index contributed by atoms with van der Waals surface area (Å²) in [7, 11) is 2.93. The number of benzene rings is 3. The fourth-order valence-electron chi connectivity index (χ4n) is 3.57. The Kier molecular flexibility index (Phi) is 8.81. The zero-order chi connectivity index (χ0) is 27.9. The molecule has 8 nitrogen and oxygen atoms in total. The number of aromatic nitrogens is 2. The van der Waals surface area contributed by atoms with Crippen LogP contribution in [0.15, 0.2) is 60.7 Å². The van der Waals surface area contributed by atoms with E-state index in [0.29, 0.717) is 33.7 Å². The summed E-state index contributed by atoms with van der Waals surface area (Å²) in [4.78, 5) is 13.1. The van der Waals surface area contributed by atoms with Gasteiger partial charge in [0.2, 0.25) is 0 Å². The van der Waals surface area contributed by atoms with E-state index in [2.05, 4.69) is 5.10 Å². The minimum Gasteiger partial charge on any atom is -0.504 e. The Labute approximate surface area is 234 Å². The fourth-order valence-corrected chi connectivity index (χ4v) is 4.03. The minimum atomic E-state index is -0.435. The number of phenols is 2. The monoisotopic (exact) mass is 566 g/mol. The highest BCUT2D eigenvalue weighted by Gasteiger charge is 2.14. The smallest absolute Gasteiger partial charge is 0.285 e. The molecule has 4 rings (SSSR count). The van der Waals surface area contributed by atoms with Crippen LogP contribution in [0.2, 0.25) is 10.0 Å². The molecular formula is C29H24Cl2N2O6. The Hall–Kier alpha value is -4.40. The van der Waals surface area contributed by atoms with Gasteiger partial charge in [0.1, 0.15) is 5.75 Å². The number of phenolic OH excluding ortho intramolecular Hbond substituents is 2. The van der Waals surface area contributed by atoms with Gasteiger partial charge in [-0.3, -0.25) is 4.79 Å². The Balaban J connectivity index is 1.62. The molecule has 10 heteroatoms. The molecule has 0 amide bonds. The van der Waals surface area contributed by atoms with Gasteiger partial charge in [0.15, 0.2) is 29.6 Å². The van der Waals surface area contributed by atoms with Crippen LogP contribution in [-0.4, -0.2) is 46.7 Å². The predicted molar refractivity (Wildman–Crippen MR) is 152 cm³/mol. The highest BCUT2D eigenvalue weighted by Crippen LogP contribution is 2.29. The quantitative estimate of drug-likeness (QED) is 0.233. The molecule has 0 atom stereocenters. The molecule has 0 saturated heterocycles. The Morgan fingerprint density at radius 1 is 0.821 bits per heavy atom. The van der Waals surface area contributed by atoms with E-state index in [1.54, 1.807) is 66.8 Å². The molecule has 0 fully saturated rings. The average Bonchev–Trinajstić information content (AvgIpc) is 3.34. The van der Waals surface area contributed by atoms with Crippen LogP contribution in [0.4, 0.5) is 0 Å². The first kappa shape index (κ1) is 27.6. The largest absolute Gasteiger partial charge is 0.504 e. The topological polar surface area (TPSA) is 103 Å². The number of ether oxygens (including phenoxy) is 3. The molecule has 39 heavy (non-hydrogen) atoms. The Bertz CT molecular complexity index is 1560. The van der Waals surface area contributed by atoms with Gasteiger partial charge in [0.25, 0.3) is 5.91 Å². The van der Waals surface area contributed by atoms with Crippen molar-refractivity contribution in [2.45, 2.75) is 0 Å². The van der Waals surface area contributed by atoms with E-state index in [1.165, 1.54) is 37.1 Å². The van der Waals surface area contributed by atoms with Gasteiger partial charge in [0, 0.05) is 5.02 Å². The number of rotatable bonds is 9. The number of methoxy groups -OCH3 is 2. The van der Waals surface area contributed by atoms with Gasteiger partial charge >= 0.3 is 0 Å². The molecule has 4 aromatic rings. The Morgan fingerprint density at radius 2 is 1.44 bits per heavy atom. The molecule has 3 aromatic carbocycles. The van der Waals surface area contributed by atoms with E-state index < -0.39 is 5.91 Å². The molecule has 0 aliphatic rings. The van der Waals surface area contributed by atoms with Crippen LogP contribution in [-0.2, 0) is 0 Å². The number of hydrogen-bond donors (Lipinski definition) is 2. The highest BCUT2D eigenvalue weighted by atomic mass is 35.5. The predicted octanol–water partition coefficient (Wildman–Crippen LogP) is 6.68. The molecule has 1 heterocycles. The fraction of sp³-hybridized carbons (Fsp3) is 0.103. The first-order valence-corrected chi connectivity index (χ1v) is 12.3. The second-order valence-electron chi connectivity index (χ2n) is 8.19. The molecule has 2 N–H and O–H groups in total. The van der Waals surface area contributed by atoms with Gasteiger partial charge in [-0.15, -0.1) is 0 Å². The van der Waals surface area contributed by atoms with Crippen LogP contribution in [0.5, 0.6) is 28.7 Å². The van der Waals surface area contributed by atoms with Crippen molar-refractivity contribution >= 4 is 53.4 Å². The molecule has 0 aliphatic heterocycles. The third kappa shape index (κ3) is 6.93. The number of aromatic hydroxyl groups is 2. The first-order valence-electron chi connectivity index (χ1n) is 11.6. The van der Waals surface area contributed by atoms with Crippen molar-refractivity contribution in [2.24, 2.45) is 0 Å². The number of halogens is 2. The zero-order valence-electron chi connectivity index (χ0n) is 21.0. The maximum absolute atomic E-state index is 13.1. The van der Waals surface area contributed by atoms with Crippen molar-refractivity contribution in [3.63, 3.8) is 0 Å². The summed E-state index contributed by atoms with van der Waals surface area (Å²) in [5.74, 6) is 0.590. The lowest BCUT2D eigenvalue weighted by Gasteiger charge is -2.08. The molecule has 0 unspecified atom stereocenters. The van der Waals surface area contributed by atoms with Crippen molar-refractivity contribution in [3.8, 4) is 28.7 Å². The van der Waals surface area contributed by atoms with Crippen LogP contribution < -0.4 is 14.2 Å². The van der Waals surface area contributed by atoms with Crippen molar-refractivity contribution < 1.29 is 29.2 Å². The number of carbonyl (C=O) groups is 1. The van der Waals surface area contributed by atoms with E-state index in [9.17, 15) is 15.0 Å². The number of hydrogen-bond acceptors (Lipinski definition) is 7. The number of carbonyl (C=O) groups excluding carboxylic acids is 1. The van der Waals surface area contributed by atoms with E-state index in [4.69, 9.17) is 37.4 Å². The molecule has 0 bridgehead atoms. The van der Waals surface area contributed by atoms with E-state index in [1.807, 2.05) is 0 Å². The highest BCUT2D eigenvalue weighted by molar-refractivity contribution is 6.35. The summed E-state index contributed by atoms with van der Waals surface area (Å²) >= 11 is 12.1. The molecule has 0 spiro atoms. The lowest BCUT2D eigenvalue weighted by atomic mass is 10.1. The second-order valence-corrected chi connectivity index (χ2v) is 9.04. The van der Waals surface area contributed by atoms with E-state index >= 15 is 0 Å². The van der Waals surface area contributed by atoms with Crippen molar-refractivity contribution in [1.29, 1.82) is 0 Å². The molecule has 1 aromatic heterocycles. The molecular weight excluding hydrogens is 543 g/mol. The van der Waals surface area contributed by atoms with Crippen molar-refractivity contribution in [3.05, 3.63) is 93.2 Å². The standard InChI is InChI=1S/C29H24Cl2N2O6/c1-37-27-13-18(5-10-24(27)34)3-8-21-16-22(9-4-19-6-11-25(35)28(14-19)38-2)33(32-21)29(36)17-39-26-12-7-20(30)15-23(26)31/h3-16,34-35H,17H2,1-2H3/b8-3-,9-4-. The van der Waals surface area contributed by atoms with Crippen LogP contribution in [0.25, 0.3) is 24.3 Å². The third-order valence-electron chi connectivity index (χ3n) is 5.54. The maximum Gasteiger partial charge on any atom is 0.285 e. The molecule has 0 saturated carbocycles. The van der Waals surface area contributed by atoms with Gasteiger partial charge < -0.3 is 24.4 Å². The SMILES string of the molecule is COc1cc(/C=C\c2cc(/C=C\c3ccc(O)c(OC)c3)n(C(=O)COc3ccc(Cl)cc3Cl)n2)ccc1O. The third-order valence-corrected chi connectivity index (χ3v) is 6.07. The average molecular weight is 567 g/mol. The Morgan fingerprint density at radius 3 is 2.03 bits per heavy atom. The summed E-state index contributed by atoms with van der Waals surface area (Å²) in [5, 5.41) is 24.9. The van der Waals surface area contributed by atoms with Gasteiger partial charge in [-0.05, 0) is 71.8 Å². The summed E-state index contributed by atoms with van der Waals surface area (Å²) < 4.78 is 17.2. The van der Waals surface area contributed by atoms with Gasteiger partial charge in [-0.1, -0.05) is 47.5 Å². The lowest BCUT2D eigenvalue weighted by molar-refractivity contribution is 0.0820. The van der Waals surface area contributed by atoms with Gasteiger partial charge in [-0.2, -0.15) is 9.78 Å². The summed E-state index contributed by atoms with van der Waals surface area (Å²) in [6.07, 6.45) is 6.99. The zero-order valence-corrected chi connectivity index (χ0v) is 22.5. The molecule has 0 radical (unpaired) electrons. The van der Waals surface area contributed by atoms with E-state index in [-0.39, 0.29) is 23.1 Å². The van der Waals surface area contributed by atoms with Gasteiger partial charge in [-0.25, -0.2) is 0 Å². The maximum atomic E-state index is 13.1. The molecule has 200 valence electrons. The summed E-state index contributed by atoms with van der Waals surface area (Å²) in [5.41, 5.74) is 2.49. The van der Waals surface area contributed by atoms with E-state index in [0.717, 1.165) is 11.1 Å². The number of nitrogens with zero attached hydrogens (tertiary/aromatic N) is 2. The molecule has 0 aliphatic carbocycles. The van der Waals surface area contributed by atoms with Crippen LogP contribution in [0.1, 0.15) is 27.3 Å². The lowest BCUT2D eigenvalue weighted by Crippen LogP contribution is -2.21. The van der Waals surface area contributed by atoms with Crippen molar-refractivity contribution in [2.75, 3.05) is 20.8 Å². The first-order chi connectivity index (χ1) is 18.8. The summed E-state index contributed by atoms with van der Waals surface area (Å²) in [6, 6.07) is 16.3. The van der Waals surface area contributed by atoms with Crippen LogP contribution in [0.3, 0.4) is 0 Å². The van der Waals surface area contributed by atoms with Crippen LogP contribution >= 0.6 is 23.2 Å². The van der Waals surface area contributed by atoms with Crippen molar-refractivity contribution in [1.82, 2.24) is 9.78 Å². The van der Waals surface area contributed by atoms with Crippen LogP contribution in [0, 0.1) is 0 Å². The summed E-state index contributed by atoms with van der Waals surface area (Å²) in [6.45, 7) is -0.324. The minimum absolute atomic E-state index is 0.0196.